The normalized spacial score (nSPS) is 16.9. The van der Waals surface area contributed by atoms with Crippen molar-refractivity contribution in [2.24, 2.45) is 22.0 Å². The molecule has 0 aromatic carbocycles. The van der Waals surface area contributed by atoms with Gasteiger partial charge in [0.25, 0.3) is 0 Å². The third-order valence-electron chi connectivity index (χ3n) is 4.76. The highest BCUT2D eigenvalue weighted by Crippen LogP contribution is 2.69. The Morgan fingerprint density at radius 3 is 1.28 bits per heavy atom. The molecule has 3 atom stereocenters. The summed E-state index contributed by atoms with van der Waals surface area (Å²) in [7, 11) is -9.90. The monoisotopic (exact) mass is 605 g/mol. The van der Waals surface area contributed by atoms with Gasteiger partial charge >= 0.3 is 33.1 Å². The van der Waals surface area contributed by atoms with Gasteiger partial charge in [-0.15, -0.1) is 0 Å². The van der Waals surface area contributed by atoms with E-state index in [1.165, 1.54) is 6.92 Å². The molecule has 0 aromatic heterocycles. The van der Waals surface area contributed by atoms with E-state index in [4.69, 9.17) is 33.5 Å². The number of hydrogen-bond acceptors (Lipinski definition) is 13. The number of nitrogens with two attached hydrogens (primary N) is 1. The van der Waals surface area contributed by atoms with Crippen LogP contribution in [0.4, 0.5) is 0 Å². The molecule has 0 radical (unpaired) electrons. The first-order valence-electron chi connectivity index (χ1n) is 12.1. The summed E-state index contributed by atoms with van der Waals surface area (Å²) in [4.78, 5) is 47.1. The van der Waals surface area contributed by atoms with Gasteiger partial charge in [-0.1, -0.05) is 0 Å². The Morgan fingerprint density at radius 1 is 0.692 bits per heavy atom. The molecule has 16 heteroatoms. The zero-order valence-electron chi connectivity index (χ0n) is 24.5. The van der Waals surface area contributed by atoms with Crippen LogP contribution in [0.25, 0.3) is 0 Å². The zero-order valence-corrected chi connectivity index (χ0v) is 26.3. The van der Waals surface area contributed by atoms with Crippen LogP contribution in [0.1, 0.15) is 82.1 Å². The fourth-order valence-corrected chi connectivity index (χ4v) is 6.45. The lowest BCUT2D eigenvalue weighted by atomic mass is 9.98. The van der Waals surface area contributed by atoms with E-state index < -0.39 is 93.7 Å². The molecule has 0 rings (SSSR count). The van der Waals surface area contributed by atoms with E-state index in [1.807, 2.05) is 0 Å². The molecular formula is C23H45NO13P2. The van der Waals surface area contributed by atoms with Crippen molar-refractivity contribution in [1.82, 2.24) is 0 Å². The minimum absolute atomic E-state index is 0.395. The Bertz CT molecular complexity index is 904. The van der Waals surface area contributed by atoms with Crippen LogP contribution in [-0.2, 0) is 51.3 Å². The first-order chi connectivity index (χ1) is 17.2. The molecule has 0 saturated heterocycles. The van der Waals surface area contributed by atoms with Crippen LogP contribution in [0.5, 0.6) is 0 Å². The number of rotatable bonds is 14. The highest BCUT2D eigenvalue weighted by Gasteiger charge is 2.51. The van der Waals surface area contributed by atoms with E-state index in [1.54, 1.807) is 62.3 Å². The second kappa shape index (κ2) is 14.0. The number of esters is 3. The third-order valence-corrected chi connectivity index (χ3v) is 9.89. The molecular weight excluding hydrogens is 560 g/mol. The predicted molar refractivity (Wildman–Crippen MR) is 140 cm³/mol. The van der Waals surface area contributed by atoms with Gasteiger partial charge in [0.05, 0.1) is 16.2 Å². The van der Waals surface area contributed by atoms with Crippen LogP contribution in [0.15, 0.2) is 0 Å². The molecule has 14 nitrogen and oxygen atoms in total. The Morgan fingerprint density at radius 2 is 1.00 bits per heavy atom. The molecule has 0 aromatic rings. The van der Waals surface area contributed by atoms with Crippen LogP contribution >= 0.6 is 15.2 Å². The molecule has 39 heavy (non-hydrogen) atoms. The fourth-order valence-electron chi connectivity index (χ4n) is 2.33. The molecule has 0 spiro atoms. The van der Waals surface area contributed by atoms with E-state index in [0.29, 0.717) is 0 Å². The average Bonchev–Trinajstić information content (AvgIpc) is 2.70. The first-order valence-corrected chi connectivity index (χ1v) is 15.4. The second-order valence-electron chi connectivity index (χ2n) is 12.3. The first kappa shape index (κ1) is 37.6. The summed E-state index contributed by atoms with van der Waals surface area (Å²) >= 11 is 0. The van der Waals surface area contributed by atoms with Crippen molar-refractivity contribution in [3.05, 3.63) is 0 Å². The molecule has 3 unspecified atom stereocenters. The number of carbonyl (C=O) groups is 3. The van der Waals surface area contributed by atoms with Crippen LogP contribution in [0.3, 0.4) is 0 Å². The van der Waals surface area contributed by atoms with Gasteiger partial charge < -0.3 is 29.9 Å². The molecule has 0 saturated carbocycles. The van der Waals surface area contributed by atoms with Crippen molar-refractivity contribution < 1.29 is 61.3 Å². The summed E-state index contributed by atoms with van der Waals surface area (Å²) in [5.74, 6) is -2.23. The minimum atomic E-state index is -5.05. The maximum atomic E-state index is 13.9. The highest BCUT2D eigenvalue weighted by atomic mass is 31.2. The second-order valence-corrected chi connectivity index (χ2v) is 16.9. The summed E-state index contributed by atoms with van der Waals surface area (Å²) in [6.45, 7) is 12.3. The standard InChI is InChI=1S/C23H45NO13P2/c1-20(2,3)17(25)32-13-35-38(29,30)16(11-12-23(10,24)28)39(31,36-14-33-18(26)21(4,5)6)37-15-34-19(27)22(7,8)9/h16,28H,11-15,24H2,1-10H3,(H,29,30). The lowest BCUT2D eigenvalue weighted by Crippen LogP contribution is -2.36. The molecule has 0 bridgehead atoms. The Labute approximate surface area is 230 Å². The topological polar surface area (TPSA) is 207 Å². The number of aliphatic hydroxyl groups is 1. The fraction of sp³-hybridized carbons (Fsp3) is 0.870. The number of hydrogen-bond donors (Lipinski definition) is 3. The summed E-state index contributed by atoms with van der Waals surface area (Å²) < 4.78 is 57.4. The largest absolute Gasteiger partial charge is 0.438 e. The summed E-state index contributed by atoms with van der Waals surface area (Å²) in [5.41, 5.74) is 0.857. The lowest BCUT2D eigenvalue weighted by molar-refractivity contribution is -0.162. The van der Waals surface area contributed by atoms with Gasteiger partial charge in [0.2, 0.25) is 20.4 Å². The average molecular weight is 606 g/mol. The van der Waals surface area contributed by atoms with Crippen molar-refractivity contribution >= 4 is 33.1 Å². The highest BCUT2D eigenvalue weighted by molar-refractivity contribution is 7.72. The van der Waals surface area contributed by atoms with Gasteiger partial charge in [0, 0.05) is 0 Å². The van der Waals surface area contributed by atoms with Gasteiger partial charge in [-0.3, -0.25) is 37.1 Å². The van der Waals surface area contributed by atoms with Crippen LogP contribution in [-0.4, -0.2) is 59.4 Å². The Kier molecular flexibility index (Phi) is 13.5. The quantitative estimate of drug-likeness (QED) is 0.111. The van der Waals surface area contributed by atoms with E-state index in [-0.39, 0.29) is 0 Å². The van der Waals surface area contributed by atoms with E-state index >= 15 is 0 Å². The van der Waals surface area contributed by atoms with Crippen molar-refractivity contribution in [2.45, 2.75) is 93.2 Å². The van der Waals surface area contributed by atoms with Gasteiger partial charge in [0.15, 0.2) is 5.40 Å². The summed E-state index contributed by atoms with van der Waals surface area (Å²) in [6, 6.07) is 0. The third kappa shape index (κ3) is 14.2. The molecule has 0 fully saturated rings. The van der Waals surface area contributed by atoms with Crippen molar-refractivity contribution in [3.8, 4) is 0 Å². The molecule has 0 heterocycles. The Hall–Kier alpha value is -1.37. The lowest BCUT2D eigenvalue weighted by Gasteiger charge is -2.31. The molecule has 4 N–H and O–H groups in total. The number of ether oxygens (including phenoxy) is 3. The predicted octanol–water partition coefficient (Wildman–Crippen LogP) is 3.83. The van der Waals surface area contributed by atoms with Gasteiger partial charge in [-0.2, -0.15) is 0 Å². The minimum Gasteiger partial charge on any atom is -0.438 e. The number of carbonyl (C=O) groups excluding carboxylic acids is 3. The SMILES string of the molecule is CC(N)(O)CCC(P(=O)(O)OCOC(=O)C(C)(C)C)P(=O)(OCOC(=O)C(C)(C)C)OCOC(=O)C(C)(C)C. The zero-order chi connectivity index (χ0) is 31.1. The van der Waals surface area contributed by atoms with Gasteiger partial charge in [-0.25, -0.2) is 0 Å². The van der Waals surface area contributed by atoms with Crippen LogP contribution in [0, 0.1) is 16.2 Å². The van der Waals surface area contributed by atoms with Crippen molar-refractivity contribution in [3.63, 3.8) is 0 Å². The van der Waals surface area contributed by atoms with Crippen LogP contribution in [0.2, 0.25) is 0 Å². The van der Waals surface area contributed by atoms with E-state index in [0.717, 1.165) is 0 Å². The van der Waals surface area contributed by atoms with Crippen molar-refractivity contribution in [2.75, 3.05) is 20.4 Å². The summed E-state index contributed by atoms with van der Waals surface area (Å²) in [5, 5.41) is 7.97. The maximum Gasteiger partial charge on any atom is 0.351 e. The van der Waals surface area contributed by atoms with Gasteiger partial charge in [-0.05, 0) is 82.1 Å². The van der Waals surface area contributed by atoms with Crippen LogP contribution < -0.4 is 5.73 Å². The molecule has 0 amide bonds. The molecule has 0 aliphatic rings. The van der Waals surface area contributed by atoms with E-state index in [2.05, 4.69) is 0 Å². The smallest absolute Gasteiger partial charge is 0.351 e. The Balaban J connectivity index is 6.13. The molecule has 0 aliphatic heterocycles. The van der Waals surface area contributed by atoms with E-state index in [9.17, 15) is 33.5 Å². The maximum absolute atomic E-state index is 13.9. The van der Waals surface area contributed by atoms with Gasteiger partial charge in [0.1, 0.15) is 5.72 Å². The molecule has 230 valence electrons. The molecule has 0 aliphatic carbocycles. The summed E-state index contributed by atoms with van der Waals surface area (Å²) in [6.07, 6.45) is -0.962. The van der Waals surface area contributed by atoms with Crippen molar-refractivity contribution in [1.29, 1.82) is 0 Å².